The van der Waals surface area contributed by atoms with Crippen LogP contribution in [0.2, 0.25) is 0 Å². The van der Waals surface area contributed by atoms with E-state index in [9.17, 15) is 10.2 Å². The van der Waals surface area contributed by atoms with E-state index in [4.69, 9.17) is 0 Å². The fraction of sp³-hybridized carbons (Fsp3) is 0.412. The molecule has 4 rings (SSSR count). The summed E-state index contributed by atoms with van der Waals surface area (Å²) in [6.07, 6.45) is 10.8. The van der Waals surface area contributed by atoms with Crippen LogP contribution in [0.5, 0.6) is 0 Å². The van der Waals surface area contributed by atoms with E-state index in [1.165, 1.54) is 16.7 Å². The van der Waals surface area contributed by atoms with Crippen LogP contribution in [-0.4, -0.2) is 22.9 Å². The first kappa shape index (κ1) is 14.7. The lowest BCUT2D eigenvalue weighted by atomic mass is 9.78. The molecule has 1 heterocycles. The van der Waals surface area contributed by atoms with E-state index in [0.29, 0.717) is 6.54 Å². The molecule has 0 aromatic heterocycles. The topological polar surface area (TPSA) is 52.5 Å². The zero-order valence-electron chi connectivity index (χ0n) is 11.9. The first-order chi connectivity index (χ1) is 9.75. The predicted molar refractivity (Wildman–Crippen MR) is 88.3 cm³/mol. The van der Waals surface area contributed by atoms with Crippen LogP contribution in [0.3, 0.4) is 0 Å². The van der Waals surface area contributed by atoms with Gasteiger partial charge in [-0.15, -0.1) is 17.0 Å². The summed E-state index contributed by atoms with van der Waals surface area (Å²) in [4.78, 5) is 0. The lowest BCUT2D eigenvalue weighted by molar-refractivity contribution is 0.189. The summed E-state index contributed by atoms with van der Waals surface area (Å²) >= 11 is 0. The molecule has 3 nitrogen and oxygen atoms in total. The predicted octanol–water partition coefficient (Wildman–Crippen LogP) is 3.37. The van der Waals surface area contributed by atoms with E-state index < -0.39 is 6.10 Å². The van der Waals surface area contributed by atoms with Crippen LogP contribution >= 0.6 is 17.0 Å². The summed E-state index contributed by atoms with van der Waals surface area (Å²) in [5.74, 6) is 0.236. The van der Waals surface area contributed by atoms with E-state index >= 15 is 0 Å². The number of allylic oxidation sites excluding steroid dienone is 6. The molecular weight excluding hydrogens is 330 g/mol. The van der Waals surface area contributed by atoms with Gasteiger partial charge in [0.25, 0.3) is 0 Å². The van der Waals surface area contributed by atoms with E-state index in [0.717, 1.165) is 48.8 Å². The van der Waals surface area contributed by atoms with Crippen LogP contribution in [0.25, 0.3) is 0 Å². The minimum absolute atomic E-state index is 0. The Morgan fingerprint density at radius 2 is 2.00 bits per heavy atom. The third-order valence-electron chi connectivity index (χ3n) is 4.77. The van der Waals surface area contributed by atoms with E-state index in [1.807, 2.05) is 0 Å². The van der Waals surface area contributed by atoms with Gasteiger partial charge in [0, 0.05) is 12.1 Å². The molecule has 0 saturated heterocycles. The molecule has 112 valence electrons. The lowest BCUT2D eigenvalue weighted by Gasteiger charge is -2.32. The molecule has 0 radical (unpaired) electrons. The Hall–Kier alpha value is -1.26. The van der Waals surface area contributed by atoms with Gasteiger partial charge >= 0.3 is 0 Å². The third-order valence-corrected chi connectivity index (χ3v) is 4.77. The summed E-state index contributed by atoms with van der Waals surface area (Å²) in [7, 11) is 0. The molecule has 0 aromatic carbocycles. The normalized spacial score (nSPS) is 27.3. The Balaban J connectivity index is 0.00000132. The number of halogens is 1. The molecule has 1 atom stereocenters. The summed E-state index contributed by atoms with van der Waals surface area (Å²) in [6.45, 7) is 0.699. The van der Waals surface area contributed by atoms with Crippen molar-refractivity contribution in [2.75, 3.05) is 6.54 Å². The summed E-state index contributed by atoms with van der Waals surface area (Å²) in [6, 6.07) is 0. The first-order valence-electron chi connectivity index (χ1n) is 7.42. The third kappa shape index (κ3) is 2.21. The SMILES string of the molecule is Br.OC1=C2C3=C(CC=CC3=CCC3=C2C(O)CCC3)CN1. The summed E-state index contributed by atoms with van der Waals surface area (Å²) in [5.41, 5.74) is 6.82. The molecule has 0 saturated carbocycles. The molecular formula is C17H20BrNO2. The van der Waals surface area contributed by atoms with Crippen LogP contribution < -0.4 is 5.32 Å². The average molecular weight is 350 g/mol. The van der Waals surface area contributed by atoms with Gasteiger partial charge in [-0.3, -0.25) is 0 Å². The van der Waals surface area contributed by atoms with Gasteiger partial charge in [-0.1, -0.05) is 23.8 Å². The van der Waals surface area contributed by atoms with Gasteiger partial charge in [0.2, 0.25) is 0 Å². The number of rotatable bonds is 0. The van der Waals surface area contributed by atoms with Crippen molar-refractivity contribution < 1.29 is 10.2 Å². The maximum absolute atomic E-state index is 10.5. The van der Waals surface area contributed by atoms with Crippen molar-refractivity contribution in [1.82, 2.24) is 5.32 Å². The summed E-state index contributed by atoms with van der Waals surface area (Å²) in [5, 5.41) is 23.9. The summed E-state index contributed by atoms with van der Waals surface area (Å²) < 4.78 is 0. The molecule has 3 aliphatic carbocycles. The molecule has 1 aliphatic heterocycles. The van der Waals surface area contributed by atoms with E-state index in [2.05, 4.69) is 23.5 Å². The average Bonchev–Trinajstić information content (AvgIpc) is 2.63. The van der Waals surface area contributed by atoms with Gasteiger partial charge in [0.05, 0.1) is 6.10 Å². The molecule has 0 spiro atoms. The van der Waals surface area contributed by atoms with Crippen molar-refractivity contribution in [2.45, 2.75) is 38.2 Å². The van der Waals surface area contributed by atoms with E-state index in [-0.39, 0.29) is 22.9 Å². The van der Waals surface area contributed by atoms with Gasteiger partial charge in [-0.05, 0) is 54.4 Å². The molecule has 0 fully saturated rings. The Labute approximate surface area is 135 Å². The molecule has 3 N–H and O–H groups in total. The fourth-order valence-electron chi connectivity index (χ4n) is 3.84. The van der Waals surface area contributed by atoms with Gasteiger partial charge in [-0.25, -0.2) is 0 Å². The highest BCUT2D eigenvalue weighted by atomic mass is 79.9. The van der Waals surface area contributed by atoms with Crippen LogP contribution in [0.15, 0.2) is 57.5 Å². The highest BCUT2D eigenvalue weighted by Crippen LogP contribution is 2.45. The minimum atomic E-state index is -0.441. The van der Waals surface area contributed by atoms with Crippen molar-refractivity contribution in [3.8, 4) is 0 Å². The molecule has 1 unspecified atom stereocenters. The fourth-order valence-corrected chi connectivity index (χ4v) is 3.84. The molecule has 21 heavy (non-hydrogen) atoms. The van der Waals surface area contributed by atoms with Crippen LogP contribution in [-0.2, 0) is 0 Å². The van der Waals surface area contributed by atoms with Crippen molar-refractivity contribution >= 4 is 17.0 Å². The van der Waals surface area contributed by atoms with Crippen molar-refractivity contribution in [3.63, 3.8) is 0 Å². The lowest BCUT2D eigenvalue weighted by Crippen LogP contribution is -2.30. The van der Waals surface area contributed by atoms with Gasteiger partial charge < -0.3 is 15.5 Å². The van der Waals surface area contributed by atoms with Gasteiger partial charge in [0.15, 0.2) is 5.88 Å². The van der Waals surface area contributed by atoms with Crippen LogP contribution in [0.1, 0.15) is 32.1 Å². The maximum Gasteiger partial charge on any atom is 0.192 e. The largest absolute Gasteiger partial charge is 0.494 e. The standard InChI is InChI=1S/C17H19NO2.BrH/c19-13-6-2-4-11-8-7-10-3-1-5-12-9-18-17(20)16(14(10)12)15(11)13;/h1,3,7,13,18-20H,2,4-6,8-9H2;1H. The Kier molecular flexibility index (Phi) is 3.84. The minimum Gasteiger partial charge on any atom is -0.494 e. The number of hydrogen-bond donors (Lipinski definition) is 3. The Morgan fingerprint density at radius 1 is 1.14 bits per heavy atom. The van der Waals surface area contributed by atoms with Crippen molar-refractivity contribution in [1.29, 1.82) is 0 Å². The number of hydrogen-bond acceptors (Lipinski definition) is 3. The second kappa shape index (κ2) is 5.50. The van der Waals surface area contributed by atoms with E-state index in [1.54, 1.807) is 0 Å². The molecule has 0 bridgehead atoms. The Morgan fingerprint density at radius 3 is 2.86 bits per heavy atom. The van der Waals surface area contributed by atoms with Crippen molar-refractivity contribution in [3.05, 3.63) is 57.5 Å². The maximum atomic E-state index is 10.5. The number of aliphatic hydroxyl groups excluding tert-OH is 2. The first-order valence-corrected chi connectivity index (χ1v) is 7.42. The molecule has 4 aliphatic rings. The highest BCUT2D eigenvalue weighted by Gasteiger charge is 2.34. The molecule has 0 aromatic rings. The smallest absolute Gasteiger partial charge is 0.192 e. The zero-order chi connectivity index (χ0) is 13.7. The number of aliphatic hydroxyl groups is 2. The molecule has 0 amide bonds. The zero-order valence-corrected chi connectivity index (χ0v) is 13.6. The highest BCUT2D eigenvalue weighted by molar-refractivity contribution is 8.93. The van der Waals surface area contributed by atoms with Crippen molar-refractivity contribution in [2.24, 2.45) is 0 Å². The Bertz CT molecular complexity index is 637. The number of fused-ring (bicyclic) bond motifs is 1. The van der Waals surface area contributed by atoms with Gasteiger partial charge in [-0.2, -0.15) is 0 Å². The number of nitrogens with one attached hydrogen (secondary N) is 1. The second-order valence-corrected chi connectivity index (χ2v) is 5.95. The molecule has 4 heteroatoms. The monoisotopic (exact) mass is 349 g/mol. The number of dihydropyridines is 1. The van der Waals surface area contributed by atoms with Gasteiger partial charge in [0.1, 0.15) is 0 Å². The van der Waals surface area contributed by atoms with Crippen LogP contribution in [0.4, 0.5) is 0 Å². The quantitative estimate of drug-likeness (QED) is 0.628. The van der Waals surface area contributed by atoms with Crippen LogP contribution in [0, 0.1) is 0 Å². The second-order valence-electron chi connectivity index (χ2n) is 5.95.